The summed E-state index contributed by atoms with van der Waals surface area (Å²) in [5.74, 6) is -0.889. The van der Waals surface area contributed by atoms with Crippen LogP contribution in [0, 0.1) is 0 Å². The van der Waals surface area contributed by atoms with E-state index in [0.29, 0.717) is 23.7 Å². The zero-order valence-corrected chi connectivity index (χ0v) is 18.6. The molecule has 2 aromatic carbocycles. The third kappa shape index (κ3) is 4.84. The van der Waals surface area contributed by atoms with Crippen molar-refractivity contribution < 1.29 is 23.9 Å². The molecule has 1 saturated heterocycles. The molecule has 1 N–H and O–H groups in total. The Morgan fingerprint density at radius 2 is 1.81 bits per heavy atom. The summed E-state index contributed by atoms with van der Waals surface area (Å²) >= 11 is 12.5. The third-order valence-corrected chi connectivity index (χ3v) is 4.79. The van der Waals surface area contributed by atoms with Gasteiger partial charge in [0.2, 0.25) is 0 Å². The smallest absolute Gasteiger partial charge is 0.335 e. The SMILES string of the molecule is CCOc1cc(/C=C2\C(=O)NC(=O)N(c3ccccc3Cl)C2=O)cc(Cl)c1OC(C)C. The first-order valence-corrected chi connectivity index (χ1v) is 10.3. The van der Waals surface area contributed by atoms with E-state index in [-0.39, 0.29) is 27.4 Å². The molecule has 7 nitrogen and oxygen atoms in total. The van der Waals surface area contributed by atoms with Gasteiger partial charge in [-0.15, -0.1) is 0 Å². The minimum atomic E-state index is -0.881. The van der Waals surface area contributed by atoms with Crippen molar-refractivity contribution in [2.75, 3.05) is 11.5 Å². The maximum atomic E-state index is 13.0. The van der Waals surface area contributed by atoms with Crippen LogP contribution >= 0.6 is 23.2 Å². The van der Waals surface area contributed by atoms with Gasteiger partial charge in [0.1, 0.15) is 5.57 Å². The number of carbonyl (C=O) groups is 3. The summed E-state index contributed by atoms with van der Waals surface area (Å²) in [6.45, 7) is 5.88. The predicted molar refractivity (Wildman–Crippen MR) is 119 cm³/mol. The molecule has 9 heteroatoms. The summed E-state index contributed by atoms with van der Waals surface area (Å²) in [5.41, 5.74) is 0.339. The number of barbiturate groups is 1. The highest BCUT2D eigenvalue weighted by Crippen LogP contribution is 2.38. The molecule has 0 unspecified atom stereocenters. The number of benzene rings is 2. The van der Waals surface area contributed by atoms with E-state index >= 15 is 0 Å². The lowest BCUT2D eigenvalue weighted by molar-refractivity contribution is -0.122. The highest BCUT2D eigenvalue weighted by Gasteiger charge is 2.37. The summed E-state index contributed by atoms with van der Waals surface area (Å²) < 4.78 is 11.3. The zero-order chi connectivity index (χ0) is 22.7. The first-order chi connectivity index (χ1) is 14.7. The lowest BCUT2D eigenvalue weighted by Crippen LogP contribution is -2.54. The van der Waals surface area contributed by atoms with Crippen LogP contribution in [0.2, 0.25) is 10.0 Å². The highest BCUT2D eigenvalue weighted by atomic mass is 35.5. The van der Waals surface area contributed by atoms with E-state index in [1.54, 1.807) is 30.3 Å². The van der Waals surface area contributed by atoms with Crippen LogP contribution in [0.25, 0.3) is 6.08 Å². The molecule has 1 heterocycles. The van der Waals surface area contributed by atoms with Crippen LogP contribution in [-0.2, 0) is 9.59 Å². The number of anilines is 1. The Labute approximate surface area is 189 Å². The van der Waals surface area contributed by atoms with Crippen LogP contribution < -0.4 is 19.7 Å². The number of nitrogens with zero attached hydrogens (tertiary/aromatic N) is 1. The highest BCUT2D eigenvalue weighted by molar-refractivity contribution is 6.42. The Balaban J connectivity index is 2.05. The molecule has 2 aromatic rings. The molecule has 0 spiro atoms. The number of rotatable bonds is 6. The zero-order valence-electron chi connectivity index (χ0n) is 17.1. The van der Waals surface area contributed by atoms with Gasteiger partial charge in [-0.1, -0.05) is 35.3 Å². The fraction of sp³-hybridized carbons (Fsp3) is 0.227. The minimum Gasteiger partial charge on any atom is -0.490 e. The first kappa shape index (κ1) is 22.7. The molecule has 3 rings (SSSR count). The van der Waals surface area contributed by atoms with E-state index in [9.17, 15) is 14.4 Å². The molecule has 162 valence electrons. The van der Waals surface area contributed by atoms with Gasteiger partial charge in [-0.25, -0.2) is 9.69 Å². The van der Waals surface area contributed by atoms with E-state index < -0.39 is 17.8 Å². The van der Waals surface area contributed by atoms with Crippen molar-refractivity contribution in [2.24, 2.45) is 0 Å². The number of halogens is 2. The fourth-order valence-electron chi connectivity index (χ4n) is 2.96. The van der Waals surface area contributed by atoms with Gasteiger partial charge < -0.3 is 9.47 Å². The minimum absolute atomic E-state index is 0.137. The van der Waals surface area contributed by atoms with E-state index in [2.05, 4.69) is 5.32 Å². The second-order valence-electron chi connectivity index (χ2n) is 6.84. The molecule has 31 heavy (non-hydrogen) atoms. The number of amides is 4. The largest absolute Gasteiger partial charge is 0.490 e. The average Bonchev–Trinajstić information content (AvgIpc) is 2.69. The molecular weight excluding hydrogens is 443 g/mol. The number of urea groups is 1. The van der Waals surface area contributed by atoms with Crippen LogP contribution in [-0.4, -0.2) is 30.6 Å². The van der Waals surface area contributed by atoms with Crippen LogP contribution in [0.1, 0.15) is 26.3 Å². The molecule has 0 atom stereocenters. The Morgan fingerprint density at radius 1 is 1.10 bits per heavy atom. The van der Waals surface area contributed by atoms with Crippen molar-refractivity contribution in [1.82, 2.24) is 5.32 Å². The number of hydrogen-bond donors (Lipinski definition) is 1. The monoisotopic (exact) mass is 462 g/mol. The Hall–Kier alpha value is -3.03. The summed E-state index contributed by atoms with van der Waals surface area (Å²) in [4.78, 5) is 38.6. The lowest BCUT2D eigenvalue weighted by Gasteiger charge is -2.27. The van der Waals surface area contributed by atoms with Crippen LogP contribution in [0.15, 0.2) is 42.0 Å². The van der Waals surface area contributed by atoms with E-state index in [4.69, 9.17) is 32.7 Å². The second-order valence-corrected chi connectivity index (χ2v) is 7.65. The quantitative estimate of drug-likeness (QED) is 0.489. The van der Waals surface area contributed by atoms with E-state index in [1.807, 2.05) is 20.8 Å². The van der Waals surface area contributed by atoms with Gasteiger partial charge in [-0.3, -0.25) is 14.9 Å². The number of imide groups is 2. The van der Waals surface area contributed by atoms with Gasteiger partial charge in [0.05, 0.1) is 28.4 Å². The number of carbonyl (C=O) groups excluding carboxylic acids is 3. The number of ether oxygens (including phenoxy) is 2. The lowest BCUT2D eigenvalue weighted by atomic mass is 10.1. The standard InChI is InChI=1S/C22H20Cl2N2O5/c1-4-30-18-11-13(10-16(24)19(18)31-12(2)3)9-14-20(27)25-22(29)26(21(14)28)17-8-6-5-7-15(17)23/h5-12H,4H2,1-3H3,(H,25,27,29)/b14-9+. The molecule has 1 fully saturated rings. The van der Waals surface area contributed by atoms with Gasteiger partial charge >= 0.3 is 6.03 Å². The normalized spacial score (nSPS) is 15.5. The van der Waals surface area contributed by atoms with Gasteiger partial charge in [-0.05, 0) is 56.7 Å². The van der Waals surface area contributed by atoms with Crippen molar-refractivity contribution in [3.05, 3.63) is 57.6 Å². The molecule has 1 aliphatic rings. The molecule has 0 aromatic heterocycles. The molecule has 1 aliphatic heterocycles. The molecule has 0 radical (unpaired) electrons. The Kier molecular flexibility index (Phi) is 6.87. The van der Waals surface area contributed by atoms with Gasteiger partial charge in [0.15, 0.2) is 11.5 Å². The number of hydrogen-bond acceptors (Lipinski definition) is 5. The maximum absolute atomic E-state index is 13.0. The third-order valence-electron chi connectivity index (χ3n) is 4.19. The molecule has 0 aliphatic carbocycles. The molecule has 0 saturated carbocycles. The van der Waals surface area contributed by atoms with Crippen molar-refractivity contribution in [1.29, 1.82) is 0 Å². The van der Waals surface area contributed by atoms with Gasteiger partial charge in [0.25, 0.3) is 11.8 Å². The van der Waals surface area contributed by atoms with Crippen LogP contribution in [0.4, 0.5) is 10.5 Å². The van der Waals surface area contributed by atoms with Crippen molar-refractivity contribution >= 4 is 52.8 Å². The van der Waals surface area contributed by atoms with Gasteiger partial charge in [-0.2, -0.15) is 0 Å². The van der Waals surface area contributed by atoms with Crippen molar-refractivity contribution in [2.45, 2.75) is 26.9 Å². The number of para-hydroxylation sites is 1. The second kappa shape index (κ2) is 9.41. The molecule has 0 bridgehead atoms. The molecule has 4 amide bonds. The Bertz CT molecular complexity index is 1080. The predicted octanol–water partition coefficient (Wildman–Crippen LogP) is 4.85. The topological polar surface area (TPSA) is 84.9 Å². The summed E-state index contributed by atoms with van der Waals surface area (Å²) in [5, 5.41) is 2.61. The number of nitrogens with one attached hydrogen (secondary N) is 1. The maximum Gasteiger partial charge on any atom is 0.335 e. The van der Waals surface area contributed by atoms with Crippen molar-refractivity contribution in [3.63, 3.8) is 0 Å². The van der Waals surface area contributed by atoms with E-state index in [1.165, 1.54) is 12.1 Å². The average molecular weight is 463 g/mol. The summed E-state index contributed by atoms with van der Waals surface area (Å²) in [6.07, 6.45) is 1.20. The first-order valence-electron chi connectivity index (χ1n) is 9.51. The van der Waals surface area contributed by atoms with Gasteiger partial charge in [0, 0.05) is 0 Å². The van der Waals surface area contributed by atoms with Crippen LogP contribution in [0.3, 0.4) is 0 Å². The van der Waals surface area contributed by atoms with Crippen molar-refractivity contribution in [3.8, 4) is 11.5 Å². The summed E-state index contributed by atoms with van der Waals surface area (Å²) in [7, 11) is 0. The van der Waals surface area contributed by atoms with Crippen LogP contribution in [0.5, 0.6) is 11.5 Å². The molecular formula is C22H20Cl2N2O5. The fourth-order valence-corrected chi connectivity index (χ4v) is 3.44. The van der Waals surface area contributed by atoms with E-state index in [0.717, 1.165) is 4.90 Å². The Morgan fingerprint density at radius 3 is 2.45 bits per heavy atom. The summed E-state index contributed by atoms with van der Waals surface area (Å²) in [6, 6.07) is 8.62.